The molecule has 1 aromatic heterocycles. The standard InChI is InChI=1S/C26H27N5O/c1-2-20(10-8-16-30-17-9-15-27-30)18-29-19-23-25(22-13-6-7-14-24(22)29)28-31(26(23)32)21-11-4-3-5-12-21/h2,4,8-11,13-17,19,21H,1,3,5-7,12,18H2/b16-8+,20-10+. The van der Waals surface area contributed by atoms with Crippen LogP contribution in [-0.4, -0.2) is 24.1 Å². The van der Waals surface area contributed by atoms with Crippen molar-refractivity contribution >= 4 is 18.4 Å². The molecule has 1 aromatic rings. The molecule has 0 bridgehead atoms. The maximum absolute atomic E-state index is 13.3. The van der Waals surface area contributed by atoms with Crippen LogP contribution in [0.4, 0.5) is 0 Å². The van der Waals surface area contributed by atoms with E-state index in [9.17, 15) is 4.79 Å². The van der Waals surface area contributed by atoms with Gasteiger partial charge in [-0.3, -0.25) is 4.79 Å². The molecule has 2 aliphatic carbocycles. The van der Waals surface area contributed by atoms with Gasteiger partial charge in [-0.25, -0.2) is 9.36 Å². The van der Waals surface area contributed by atoms with Crippen molar-refractivity contribution in [3.63, 3.8) is 0 Å². The second kappa shape index (κ2) is 8.83. The summed E-state index contributed by atoms with van der Waals surface area (Å²) < 4.78 is 5.59. The highest BCUT2D eigenvalue weighted by Crippen LogP contribution is 2.22. The number of hydrogen-bond donors (Lipinski definition) is 0. The highest BCUT2D eigenvalue weighted by molar-refractivity contribution is 5.62. The molecule has 0 amide bonds. The molecule has 1 atom stereocenters. The minimum absolute atomic E-state index is 0.00483. The van der Waals surface area contributed by atoms with Gasteiger partial charge in [0.05, 0.1) is 11.6 Å². The van der Waals surface area contributed by atoms with Crippen molar-refractivity contribution in [2.75, 3.05) is 0 Å². The van der Waals surface area contributed by atoms with Crippen LogP contribution in [0.15, 0.2) is 72.0 Å². The van der Waals surface area contributed by atoms with Crippen LogP contribution in [0.25, 0.3) is 29.6 Å². The van der Waals surface area contributed by atoms with Gasteiger partial charge in [0.2, 0.25) is 0 Å². The lowest BCUT2D eigenvalue weighted by Gasteiger charge is -2.15. The van der Waals surface area contributed by atoms with E-state index in [-0.39, 0.29) is 11.6 Å². The van der Waals surface area contributed by atoms with E-state index in [1.165, 1.54) is 0 Å². The fourth-order valence-corrected chi connectivity index (χ4v) is 4.48. The molecule has 1 unspecified atom stereocenters. The molecule has 0 saturated heterocycles. The minimum atomic E-state index is -0.00483. The Labute approximate surface area is 186 Å². The lowest BCUT2D eigenvalue weighted by Crippen LogP contribution is -2.39. The number of rotatable bonds is 6. The van der Waals surface area contributed by atoms with Crippen molar-refractivity contribution in [2.24, 2.45) is 0 Å². The first-order chi connectivity index (χ1) is 15.7. The predicted molar refractivity (Wildman–Crippen MR) is 128 cm³/mol. The predicted octanol–water partition coefficient (Wildman–Crippen LogP) is 3.27. The van der Waals surface area contributed by atoms with Gasteiger partial charge in [0.1, 0.15) is 5.69 Å². The van der Waals surface area contributed by atoms with Crippen molar-refractivity contribution < 1.29 is 0 Å². The summed E-state index contributed by atoms with van der Waals surface area (Å²) in [4.78, 5) is 13.3. The number of pyridine rings is 1. The van der Waals surface area contributed by atoms with Crippen LogP contribution in [0.3, 0.4) is 0 Å². The summed E-state index contributed by atoms with van der Waals surface area (Å²) in [7, 11) is 0. The Bertz CT molecular complexity index is 1360. The number of aromatic nitrogens is 5. The molecule has 3 heterocycles. The van der Waals surface area contributed by atoms with Crippen LogP contribution in [0.1, 0.15) is 38.1 Å². The Morgan fingerprint density at radius 3 is 2.94 bits per heavy atom. The monoisotopic (exact) mass is 425 g/mol. The molecular weight excluding hydrogens is 398 g/mol. The van der Waals surface area contributed by atoms with Crippen molar-refractivity contribution in [3.8, 4) is 11.3 Å². The molecule has 0 fully saturated rings. The van der Waals surface area contributed by atoms with E-state index in [1.807, 2.05) is 42.9 Å². The first-order valence-corrected chi connectivity index (χ1v) is 11.2. The molecule has 6 heteroatoms. The van der Waals surface area contributed by atoms with Crippen molar-refractivity contribution in [1.29, 1.82) is 0 Å². The van der Waals surface area contributed by atoms with Gasteiger partial charge in [-0.15, -0.1) is 0 Å². The molecule has 0 aromatic carbocycles. The van der Waals surface area contributed by atoms with E-state index in [2.05, 4.69) is 40.5 Å². The van der Waals surface area contributed by atoms with Crippen LogP contribution in [0, 0.1) is 0 Å². The Balaban J connectivity index is 1.57. The normalized spacial score (nSPS) is 18.5. The zero-order valence-corrected chi connectivity index (χ0v) is 18.1. The zero-order chi connectivity index (χ0) is 21.9. The third kappa shape index (κ3) is 3.84. The molecule has 0 radical (unpaired) electrons. The maximum atomic E-state index is 13.3. The average molecular weight is 426 g/mol. The van der Waals surface area contributed by atoms with Gasteiger partial charge in [-0.1, -0.05) is 43.0 Å². The lowest BCUT2D eigenvalue weighted by molar-refractivity contribution is 0.465. The highest BCUT2D eigenvalue weighted by atomic mass is 16.1. The molecule has 2 aliphatic heterocycles. The summed E-state index contributed by atoms with van der Waals surface area (Å²) in [5.41, 5.74) is 2.55. The summed E-state index contributed by atoms with van der Waals surface area (Å²) in [6.45, 7) is 4.62. The Kier molecular flexibility index (Phi) is 5.58. The summed E-state index contributed by atoms with van der Waals surface area (Å²) in [6, 6.07) is 1.94. The molecular formula is C26H27N5O. The summed E-state index contributed by atoms with van der Waals surface area (Å²) >= 11 is 0. The number of fused-ring (bicyclic) bond motifs is 3. The molecule has 162 valence electrons. The number of hydrogen-bond acceptors (Lipinski definition) is 3. The van der Waals surface area contributed by atoms with Crippen LogP contribution in [0.2, 0.25) is 0 Å². The molecule has 0 spiro atoms. The van der Waals surface area contributed by atoms with Crippen molar-refractivity contribution in [2.45, 2.75) is 44.7 Å². The van der Waals surface area contributed by atoms with Gasteiger partial charge < -0.3 is 4.57 Å². The van der Waals surface area contributed by atoms with Crippen LogP contribution >= 0.6 is 0 Å². The minimum Gasteiger partial charge on any atom is -0.342 e. The maximum Gasteiger partial charge on any atom is 0.278 e. The van der Waals surface area contributed by atoms with E-state index >= 15 is 0 Å². The van der Waals surface area contributed by atoms with E-state index in [4.69, 9.17) is 5.10 Å². The topological polar surface area (TPSA) is 57.6 Å². The first-order valence-electron chi connectivity index (χ1n) is 11.2. The van der Waals surface area contributed by atoms with Gasteiger partial charge >= 0.3 is 0 Å². The smallest absolute Gasteiger partial charge is 0.278 e. The fourth-order valence-electron chi connectivity index (χ4n) is 4.48. The van der Waals surface area contributed by atoms with E-state index in [0.29, 0.717) is 12.1 Å². The van der Waals surface area contributed by atoms with Gasteiger partial charge in [0.15, 0.2) is 0 Å². The van der Waals surface area contributed by atoms with Crippen LogP contribution in [0.5, 0.6) is 0 Å². The number of nitrogens with zero attached hydrogens (tertiary/aromatic N) is 5. The zero-order valence-electron chi connectivity index (χ0n) is 18.1. The highest BCUT2D eigenvalue weighted by Gasteiger charge is 2.23. The summed E-state index contributed by atoms with van der Waals surface area (Å²) in [5, 5.41) is 11.2. The van der Waals surface area contributed by atoms with Crippen molar-refractivity contribution in [1.82, 2.24) is 24.1 Å². The Hall–Kier alpha value is -3.67. The SMILES string of the molecule is C=C/C(=C\C=C\n1cccn1)Cn1cc2c(=O)n(C3C=CCCC3)nc-2c2c1=CCCC=2. The quantitative estimate of drug-likeness (QED) is 0.450. The Morgan fingerprint density at radius 2 is 2.16 bits per heavy atom. The largest absolute Gasteiger partial charge is 0.342 e. The first kappa shape index (κ1) is 20.2. The molecule has 0 N–H and O–H groups in total. The lowest BCUT2D eigenvalue weighted by atomic mass is 10.0. The van der Waals surface area contributed by atoms with Crippen LogP contribution < -0.4 is 16.1 Å². The molecule has 0 saturated carbocycles. The van der Waals surface area contributed by atoms with Gasteiger partial charge in [0, 0.05) is 41.9 Å². The summed E-state index contributed by atoms with van der Waals surface area (Å²) in [6.07, 6.45) is 27.2. The molecule has 6 nitrogen and oxygen atoms in total. The molecule has 4 aliphatic rings. The molecule has 5 rings (SSSR count). The average Bonchev–Trinajstić information content (AvgIpc) is 3.47. The van der Waals surface area contributed by atoms with Gasteiger partial charge in [0.25, 0.3) is 5.56 Å². The van der Waals surface area contributed by atoms with Gasteiger partial charge in [-0.2, -0.15) is 10.2 Å². The van der Waals surface area contributed by atoms with Crippen LogP contribution in [-0.2, 0) is 6.54 Å². The second-order valence-corrected chi connectivity index (χ2v) is 8.25. The van der Waals surface area contributed by atoms with E-state index in [1.54, 1.807) is 15.6 Å². The fraction of sp³-hybridized carbons (Fsp3) is 0.269. The third-order valence-electron chi connectivity index (χ3n) is 6.11. The van der Waals surface area contributed by atoms with E-state index < -0.39 is 0 Å². The number of allylic oxidation sites excluding steroid dienone is 6. The van der Waals surface area contributed by atoms with Gasteiger partial charge in [-0.05, 0) is 49.8 Å². The molecule has 32 heavy (non-hydrogen) atoms. The van der Waals surface area contributed by atoms with E-state index in [0.717, 1.165) is 53.9 Å². The Morgan fingerprint density at radius 1 is 1.25 bits per heavy atom. The van der Waals surface area contributed by atoms with Crippen molar-refractivity contribution in [3.05, 3.63) is 88.1 Å². The third-order valence-corrected chi connectivity index (χ3v) is 6.11. The second-order valence-electron chi connectivity index (χ2n) is 8.25. The summed E-state index contributed by atoms with van der Waals surface area (Å²) in [5.74, 6) is 0.